The molecule has 0 saturated heterocycles. The minimum absolute atomic E-state index is 0.0196. The second-order valence-corrected chi connectivity index (χ2v) is 5.50. The fourth-order valence-corrected chi connectivity index (χ4v) is 3.03. The van der Waals surface area contributed by atoms with Gasteiger partial charge in [-0.1, -0.05) is 30.3 Å². The van der Waals surface area contributed by atoms with E-state index >= 15 is 0 Å². The van der Waals surface area contributed by atoms with Crippen molar-refractivity contribution in [2.45, 2.75) is 32.1 Å². The Morgan fingerprint density at radius 1 is 1.25 bits per heavy atom. The molecule has 0 heterocycles. The fraction of sp³-hybridized carbons (Fsp3) is 0.278. The van der Waals surface area contributed by atoms with Gasteiger partial charge in [0.25, 0.3) is 0 Å². The van der Waals surface area contributed by atoms with Crippen molar-refractivity contribution >= 4 is 5.78 Å². The van der Waals surface area contributed by atoms with Gasteiger partial charge in [0, 0.05) is 12.3 Å². The Bertz CT molecular complexity index is 660. The number of benzene rings is 2. The number of hydrogen-bond acceptors (Lipinski definition) is 1. The number of halogens is 1. The zero-order chi connectivity index (χ0) is 14.1. The molecule has 1 atom stereocenters. The maximum Gasteiger partial charge on any atom is 0.144 e. The molecule has 1 aliphatic rings. The summed E-state index contributed by atoms with van der Waals surface area (Å²) in [7, 11) is 0. The molecule has 2 heteroatoms. The van der Waals surface area contributed by atoms with E-state index in [9.17, 15) is 9.18 Å². The molecule has 0 N–H and O–H groups in total. The standard InChI is InChI=1S/C18H17FO/c1-12-6-8-15(19)10-14(12)11-18(20)17-9-7-13-4-2-3-5-16(13)17/h2-6,8,10,17H,7,9,11H2,1H3. The van der Waals surface area contributed by atoms with Crippen molar-refractivity contribution in [1.29, 1.82) is 0 Å². The largest absolute Gasteiger partial charge is 0.299 e. The first-order valence-electron chi connectivity index (χ1n) is 7.00. The SMILES string of the molecule is Cc1ccc(F)cc1CC(=O)C1CCc2ccccc21. The van der Waals surface area contributed by atoms with E-state index in [4.69, 9.17) is 0 Å². The highest BCUT2D eigenvalue weighted by atomic mass is 19.1. The minimum Gasteiger partial charge on any atom is -0.299 e. The van der Waals surface area contributed by atoms with E-state index in [-0.39, 0.29) is 17.5 Å². The van der Waals surface area contributed by atoms with Crippen LogP contribution in [-0.4, -0.2) is 5.78 Å². The molecule has 1 aliphatic carbocycles. The quantitative estimate of drug-likeness (QED) is 0.823. The summed E-state index contributed by atoms with van der Waals surface area (Å²) in [6, 6.07) is 12.8. The summed E-state index contributed by atoms with van der Waals surface area (Å²) in [5, 5.41) is 0. The predicted molar refractivity (Wildman–Crippen MR) is 77.4 cm³/mol. The molecule has 2 aromatic carbocycles. The van der Waals surface area contributed by atoms with Crippen LogP contribution in [0.25, 0.3) is 0 Å². The Labute approximate surface area is 118 Å². The second-order valence-electron chi connectivity index (χ2n) is 5.50. The van der Waals surface area contributed by atoms with Crippen LogP contribution in [0.15, 0.2) is 42.5 Å². The molecule has 0 aromatic heterocycles. The molecule has 0 radical (unpaired) electrons. The van der Waals surface area contributed by atoms with Crippen LogP contribution in [0, 0.1) is 12.7 Å². The van der Waals surface area contributed by atoms with E-state index in [1.54, 1.807) is 6.07 Å². The van der Waals surface area contributed by atoms with E-state index in [1.807, 2.05) is 25.1 Å². The van der Waals surface area contributed by atoms with Crippen LogP contribution < -0.4 is 0 Å². The van der Waals surface area contributed by atoms with Gasteiger partial charge in [-0.15, -0.1) is 0 Å². The van der Waals surface area contributed by atoms with Gasteiger partial charge < -0.3 is 0 Å². The van der Waals surface area contributed by atoms with Gasteiger partial charge in [0.2, 0.25) is 0 Å². The number of ketones is 1. The van der Waals surface area contributed by atoms with Gasteiger partial charge >= 0.3 is 0 Å². The predicted octanol–water partition coefficient (Wildman–Crippen LogP) is 3.98. The van der Waals surface area contributed by atoms with Crippen molar-refractivity contribution in [3.63, 3.8) is 0 Å². The van der Waals surface area contributed by atoms with E-state index in [0.29, 0.717) is 6.42 Å². The molecule has 0 spiro atoms. The number of Topliss-reactive ketones (excluding diaryl/α,β-unsaturated/α-hetero) is 1. The van der Waals surface area contributed by atoms with Crippen LogP contribution in [0.4, 0.5) is 4.39 Å². The average Bonchev–Trinajstić information content (AvgIpc) is 2.87. The summed E-state index contributed by atoms with van der Waals surface area (Å²) < 4.78 is 13.3. The third-order valence-corrected chi connectivity index (χ3v) is 4.20. The molecule has 0 aliphatic heterocycles. The number of carbonyl (C=O) groups is 1. The van der Waals surface area contributed by atoms with Crippen LogP contribution in [-0.2, 0) is 17.6 Å². The van der Waals surface area contributed by atoms with Crippen LogP contribution in [0.2, 0.25) is 0 Å². The summed E-state index contributed by atoms with van der Waals surface area (Å²) in [6.07, 6.45) is 2.17. The Morgan fingerprint density at radius 3 is 2.90 bits per heavy atom. The first kappa shape index (κ1) is 13.0. The number of rotatable bonds is 3. The molecule has 1 nitrogen and oxygen atoms in total. The van der Waals surface area contributed by atoms with E-state index in [1.165, 1.54) is 17.7 Å². The molecule has 0 fully saturated rings. The molecule has 0 saturated carbocycles. The van der Waals surface area contributed by atoms with Crippen molar-refractivity contribution in [3.8, 4) is 0 Å². The van der Waals surface area contributed by atoms with Crippen molar-refractivity contribution in [2.75, 3.05) is 0 Å². The molecule has 2 aromatic rings. The van der Waals surface area contributed by atoms with Crippen LogP contribution in [0.3, 0.4) is 0 Å². The Hall–Kier alpha value is -1.96. The monoisotopic (exact) mass is 268 g/mol. The molecular weight excluding hydrogens is 251 g/mol. The van der Waals surface area contributed by atoms with Gasteiger partial charge in [-0.25, -0.2) is 4.39 Å². The lowest BCUT2D eigenvalue weighted by atomic mass is 9.91. The third-order valence-electron chi connectivity index (χ3n) is 4.20. The average molecular weight is 268 g/mol. The van der Waals surface area contributed by atoms with Crippen LogP contribution in [0.1, 0.15) is 34.6 Å². The van der Waals surface area contributed by atoms with Gasteiger partial charge in [0.1, 0.15) is 11.6 Å². The number of fused-ring (bicyclic) bond motifs is 1. The topological polar surface area (TPSA) is 17.1 Å². The van der Waals surface area contributed by atoms with E-state index < -0.39 is 0 Å². The lowest BCUT2D eigenvalue weighted by Crippen LogP contribution is -2.13. The summed E-state index contributed by atoms with van der Waals surface area (Å²) in [6.45, 7) is 1.92. The lowest BCUT2D eigenvalue weighted by Gasteiger charge is -2.12. The van der Waals surface area contributed by atoms with Gasteiger partial charge in [0.05, 0.1) is 0 Å². The minimum atomic E-state index is -0.273. The number of aryl methyl sites for hydroxylation is 2. The lowest BCUT2D eigenvalue weighted by molar-refractivity contribution is -0.119. The van der Waals surface area contributed by atoms with Crippen molar-refractivity contribution in [1.82, 2.24) is 0 Å². The Balaban J connectivity index is 1.83. The van der Waals surface area contributed by atoms with Gasteiger partial charge in [-0.05, 0) is 54.2 Å². The van der Waals surface area contributed by atoms with Gasteiger partial charge in [0.15, 0.2) is 0 Å². The van der Waals surface area contributed by atoms with E-state index in [2.05, 4.69) is 6.07 Å². The van der Waals surface area contributed by atoms with Crippen molar-refractivity contribution < 1.29 is 9.18 Å². The van der Waals surface area contributed by atoms with E-state index in [0.717, 1.165) is 29.5 Å². The molecule has 3 rings (SSSR count). The fourth-order valence-electron chi connectivity index (χ4n) is 3.03. The zero-order valence-corrected chi connectivity index (χ0v) is 11.5. The summed E-state index contributed by atoms with van der Waals surface area (Å²) in [5.41, 5.74) is 4.22. The Morgan fingerprint density at radius 2 is 2.05 bits per heavy atom. The number of hydrogen-bond donors (Lipinski definition) is 0. The summed E-state index contributed by atoms with van der Waals surface area (Å²) in [5.74, 6) is -0.0947. The smallest absolute Gasteiger partial charge is 0.144 e. The zero-order valence-electron chi connectivity index (χ0n) is 11.5. The molecular formula is C18H17FO. The molecule has 102 valence electrons. The molecule has 1 unspecified atom stereocenters. The molecule has 20 heavy (non-hydrogen) atoms. The van der Waals surface area contributed by atoms with Crippen LogP contribution >= 0.6 is 0 Å². The maximum absolute atomic E-state index is 13.3. The molecule has 0 amide bonds. The maximum atomic E-state index is 13.3. The van der Waals surface area contributed by atoms with Crippen molar-refractivity contribution in [3.05, 3.63) is 70.5 Å². The highest BCUT2D eigenvalue weighted by molar-refractivity contribution is 5.89. The van der Waals surface area contributed by atoms with Gasteiger partial charge in [-0.3, -0.25) is 4.79 Å². The highest BCUT2D eigenvalue weighted by Crippen LogP contribution is 2.34. The van der Waals surface area contributed by atoms with Crippen molar-refractivity contribution in [2.24, 2.45) is 0 Å². The first-order chi connectivity index (χ1) is 9.65. The Kier molecular flexibility index (Phi) is 3.39. The summed E-state index contributed by atoms with van der Waals surface area (Å²) >= 11 is 0. The second kappa shape index (κ2) is 5.20. The summed E-state index contributed by atoms with van der Waals surface area (Å²) in [4.78, 5) is 12.5. The number of carbonyl (C=O) groups excluding carboxylic acids is 1. The third kappa shape index (κ3) is 2.38. The van der Waals surface area contributed by atoms with Crippen LogP contribution in [0.5, 0.6) is 0 Å². The first-order valence-corrected chi connectivity index (χ1v) is 7.00. The normalized spacial score (nSPS) is 17.0. The molecule has 0 bridgehead atoms. The highest BCUT2D eigenvalue weighted by Gasteiger charge is 2.28. The van der Waals surface area contributed by atoms with Gasteiger partial charge in [-0.2, -0.15) is 0 Å².